The molecule has 3 rings (SSSR count). The molecule has 0 aliphatic carbocycles. The van der Waals surface area contributed by atoms with Crippen molar-refractivity contribution in [1.29, 1.82) is 0 Å². The number of ether oxygens (including phenoxy) is 1. The molecular formula is C16H22N2O2. The highest BCUT2D eigenvalue weighted by atomic mass is 16.5. The summed E-state index contributed by atoms with van der Waals surface area (Å²) in [6, 6.07) is 8.59. The lowest BCUT2D eigenvalue weighted by atomic mass is 9.95. The monoisotopic (exact) mass is 274 g/mol. The standard InChI is InChI=1S/C16H22N2O2/c1-12-11-17-7-8-18(12)16(19)10-15-14-5-3-2-4-13(14)6-9-20-15/h2-5,12,15,17H,6-11H2,1H3/t12-,15+/m0/s1. The first-order valence-electron chi connectivity index (χ1n) is 7.45. The second kappa shape index (κ2) is 5.94. The van der Waals surface area contributed by atoms with E-state index in [-0.39, 0.29) is 18.1 Å². The second-order valence-electron chi connectivity index (χ2n) is 5.65. The smallest absolute Gasteiger partial charge is 0.225 e. The van der Waals surface area contributed by atoms with Gasteiger partial charge in [0.15, 0.2) is 0 Å². The maximum absolute atomic E-state index is 12.5. The molecule has 1 aromatic rings. The van der Waals surface area contributed by atoms with E-state index >= 15 is 0 Å². The van der Waals surface area contributed by atoms with Gasteiger partial charge in [0.2, 0.25) is 5.91 Å². The molecule has 2 aliphatic rings. The highest BCUT2D eigenvalue weighted by Gasteiger charge is 2.28. The highest BCUT2D eigenvalue weighted by Crippen LogP contribution is 2.30. The van der Waals surface area contributed by atoms with Crippen molar-refractivity contribution in [3.05, 3.63) is 35.4 Å². The summed E-state index contributed by atoms with van der Waals surface area (Å²) < 4.78 is 5.84. The molecule has 0 aromatic heterocycles. The Morgan fingerprint density at radius 3 is 3.15 bits per heavy atom. The predicted octanol–water partition coefficient (Wildman–Crippen LogP) is 1.51. The molecule has 0 radical (unpaired) electrons. The number of piperazine rings is 1. The molecule has 108 valence electrons. The van der Waals surface area contributed by atoms with Gasteiger partial charge >= 0.3 is 0 Å². The minimum Gasteiger partial charge on any atom is -0.373 e. The van der Waals surface area contributed by atoms with Gasteiger partial charge in [-0.3, -0.25) is 4.79 Å². The molecule has 0 unspecified atom stereocenters. The van der Waals surface area contributed by atoms with Gasteiger partial charge in [-0.05, 0) is 24.5 Å². The summed E-state index contributed by atoms with van der Waals surface area (Å²) in [7, 11) is 0. The van der Waals surface area contributed by atoms with Crippen molar-refractivity contribution >= 4 is 5.91 Å². The molecular weight excluding hydrogens is 252 g/mol. The molecule has 20 heavy (non-hydrogen) atoms. The third-order valence-corrected chi connectivity index (χ3v) is 4.27. The van der Waals surface area contributed by atoms with Crippen LogP contribution in [0.2, 0.25) is 0 Å². The van der Waals surface area contributed by atoms with Crippen molar-refractivity contribution in [3.63, 3.8) is 0 Å². The zero-order valence-corrected chi connectivity index (χ0v) is 12.0. The SMILES string of the molecule is C[C@H]1CNCCN1C(=O)C[C@H]1OCCc2ccccc21. The van der Waals surface area contributed by atoms with Crippen LogP contribution >= 0.6 is 0 Å². The van der Waals surface area contributed by atoms with Gasteiger partial charge in [-0.2, -0.15) is 0 Å². The van der Waals surface area contributed by atoms with E-state index in [2.05, 4.69) is 30.4 Å². The molecule has 1 saturated heterocycles. The van der Waals surface area contributed by atoms with Crippen LogP contribution in [-0.4, -0.2) is 43.1 Å². The summed E-state index contributed by atoms with van der Waals surface area (Å²) in [6.45, 7) is 5.38. The van der Waals surface area contributed by atoms with Crippen molar-refractivity contribution < 1.29 is 9.53 Å². The molecule has 0 bridgehead atoms. The number of carbonyl (C=O) groups excluding carboxylic acids is 1. The van der Waals surface area contributed by atoms with Crippen LogP contribution in [0, 0.1) is 0 Å². The molecule has 1 fully saturated rings. The van der Waals surface area contributed by atoms with Gasteiger partial charge in [0.1, 0.15) is 0 Å². The molecule has 0 saturated carbocycles. The van der Waals surface area contributed by atoms with Gasteiger partial charge in [0.25, 0.3) is 0 Å². The third-order valence-electron chi connectivity index (χ3n) is 4.27. The summed E-state index contributed by atoms with van der Waals surface area (Å²) in [5.41, 5.74) is 2.51. The van der Waals surface area contributed by atoms with Gasteiger partial charge < -0.3 is 15.0 Å². The first kappa shape index (κ1) is 13.6. The van der Waals surface area contributed by atoms with E-state index in [1.165, 1.54) is 11.1 Å². The Labute approximate surface area is 120 Å². The molecule has 0 spiro atoms. The first-order valence-corrected chi connectivity index (χ1v) is 7.45. The number of nitrogens with one attached hydrogen (secondary N) is 1. The van der Waals surface area contributed by atoms with E-state index in [0.29, 0.717) is 13.0 Å². The number of nitrogens with zero attached hydrogens (tertiary/aromatic N) is 1. The Bertz CT molecular complexity index is 489. The van der Waals surface area contributed by atoms with Gasteiger partial charge in [-0.15, -0.1) is 0 Å². The summed E-state index contributed by atoms with van der Waals surface area (Å²) in [4.78, 5) is 14.5. The molecule has 2 aliphatic heterocycles. The number of hydrogen-bond acceptors (Lipinski definition) is 3. The lowest BCUT2D eigenvalue weighted by Gasteiger charge is -2.35. The molecule has 4 nitrogen and oxygen atoms in total. The van der Waals surface area contributed by atoms with Gasteiger partial charge in [0, 0.05) is 25.7 Å². The Kier molecular flexibility index (Phi) is 4.03. The topological polar surface area (TPSA) is 41.6 Å². The number of benzene rings is 1. The molecule has 4 heteroatoms. The average molecular weight is 274 g/mol. The molecule has 1 aromatic carbocycles. The van der Waals surface area contributed by atoms with Crippen LogP contribution in [0.5, 0.6) is 0 Å². The van der Waals surface area contributed by atoms with Crippen molar-refractivity contribution in [3.8, 4) is 0 Å². The van der Waals surface area contributed by atoms with Gasteiger partial charge in [0.05, 0.1) is 19.1 Å². The Morgan fingerprint density at radius 2 is 2.30 bits per heavy atom. The fourth-order valence-corrected chi connectivity index (χ4v) is 3.13. The maximum Gasteiger partial charge on any atom is 0.225 e. The van der Waals surface area contributed by atoms with Crippen molar-refractivity contribution in [2.24, 2.45) is 0 Å². The Hall–Kier alpha value is -1.39. The number of fused-ring (bicyclic) bond motifs is 1. The van der Waals surface area contributed by atoms with Crippen molar-refractivity contribution in [2.45, 2.75) is 31.9 Å². The predicted molar refractivity (Wildman–Crippen MR) is 77.5 cm³/mol. The minimum atomic E-state index is -0.0745. The summed E-state index contributed by atoms with van der Waals surface area (Å²) >= 11 is 0. The lowest BCUT2D eigenvalue weighted by molar-refractivity contribution is -0.137. The Morgan fingerprint density at radius 1 is 1.45 bits per heavy atom. The van der Waals surface area contributed by atoms with Crippen LogP contribution in [-0.2, 0) is 16.0 Å². The van der Waals surface area contributed by atoms with Crippen LogP contribution in [0.25, 0.3) is 0 Å². The van der Waals surface area contributed by atoms with Crippen LogP contribution in [0.15, 0.2) is 24.3 Å². The fourth-order valence-electron chi connectivity index (χ4n) is 3.13. The zero-order chi connectivity index (χ0) is 13.9. The average Bonchev–Trinajstić information content (AvgIpc) is 2.48. The van der Waals surface area contributed by atoms with Crippen molar-refractivity contribution in [2.75, 3.05) is 26.2 Å². The van der Waals surface area contributed by atoms with Gasteiger partial charge in [-0.1, -0.05) is 24.3 Å². The summed E-state index contributed by atoms with van der Waals surface area (Å²) in [5, 5.41) is 3.31. The molecule has 1 amide bonds. The lowest BCUT2D eigenvalue weighted by Crippen LogP contribution is -2.52. The quantitative estimate of drug-likeness (QED) is 0.889. The van der Waals surface area contributed by atoms with E-state index < -0.39 is 0 Å². The van der Waals surface area contributed by atoms with E-state index in [1.54, 1.807) is 0 Å². The van der Waals surface area contributed by atoms with Crippen molar-refractivity contribution in [1.82, 2.24) is 10.2 Å². The van der Waals surface area contributed by atoms with E-state index in [1.807, 2.05) is 11.0 Å². The summed E-state index contributed by atoms with van der Waals surface area (Å²) in [6.07, 6.45) is 1.33. The van der Waals surface area contributed by atoms with Crippen LogP contribution < -0.4 is 5.32 Å². The normalized spacial score (nSPS) is 26.1. The van der Waals surface area contributed by atoms with Gasteiger partial charge in [-0.25, -0.2) is 0 Å². The fraction of sp³-hybridized carbons (Fsp3) is 0.562. The largest absolute Gasteiger partial charge is 0.373 e. The Balaban J connectivity index is 1.70. The highest BCUT2D eigenvalue weighted by molar-refractivity contribution is 5.77. The number of carbonyl (C=O) groups is 1. The number of rotatable bonds is 2. The number of amides is 1. The molecule has 1 N–H and O–H groups in total. The second-order valence-corrected chi connectivity index (χ2v) is 5.65. The first-order chi connectivity index (χ1) is 9.75. The zero-order valence-electron chi connectivity index (χ0n) is 12.0. The molecule has 2 atom stereocenters. The summed E-state index contributed by atoms with van der Waals surface area (Å²) in [5.74, 6) is 0.209. The minimum absolute atomic E-state index is 0.0745. The van der Waals surface area contributed by atoms with Crippen LogP contribution in [0.4, 0.5) is 0 Å². The van der Waals surface area contributed by atoms with Crippen LogP contribution in [0.1, 0.15) is 30.6 Å². The van der Waals surface area contributed by atoms with E-state index in [4.69, 9.17) is 4.74 Å². The molecule has 2 heterocycles. The van der Waals surface area contributed by atoms with Crippen LogP contribution in [0.3, 0.4) is 0 Å². The maximum atomic E-state index is 12.5. The number of hydrogen-bond donors (Lipinski definition) is 1. The van der Waals surface area contributed by atoms with E-state index in [0.717, 1.165) is 26.1 Å². The van der Waals surface area contributed by atoms with E-state index in [9.17, 15) is 4.79 Å². The third kappa shape index (κ3) is 2.72.